The van der Waals surface area contributed by atoms with Gasteiger partial charge in [-0.05, 0) is 55.4 Å². The van der Waals surface area contributed by atoms with E-state index in [0.717, 1.165) is 36.6 Å². The number of nitrogens with zero attached hydrogens (tertiary/aromatic N) is 1. The summed E-state index contributed by atoms with van der Waals surface area (Å²) < 4.78 is 13.6. The van der Waals surface area contributed by atoms with Gasteiger partial charge in [0.2, 0.25) is 0 Å². The smallest absolute Gasteiger partial charge is 0.123 e. The Labute approximate surface area is 128 Å². The molecule has 0 heterocycles. The van der Waals surface area contributed by atoms with Gasteiger partial charge in [0, 0.05) is 25.3 Å². The first-order valence-electron chi connectivity index (χ1n) is 8.35. The van der Waals surface area contributed by atoms with Gasteiger partial charge in [-0.2, -0.15) is 0 Å². The van der Waals surface area contributed by atoms with Crippen LogP contribution in [0.15, 0.2) is 18.2 Å². The molecule has 1 aromatic carbocycles. The van der Waals surface area contributed by atoms with Crippen molar-refractivity contribution in [2.24, 2.45) is 11.7 Å². The normalized spacial score (nSPS) is 17.7. The average molecular weight is 292 g/mol. The van der Waals surface area contributed by atoms with Crippen LogP contribution in [0.4, 0.5) is 10.1 Å². The zero-order valence-electron chi connectivity index (χ0n) is 13.4. The van der Waals surface area contributed by atoms with Crippen LogP contribution in [0.25, 0.3) is 0 Å². The number of anilines is 1. The van der Waals surface area contributed by atoms with Crippen molar-refractivity contribution >= 4 is 5.69 Å². The number of benzene rings is 1. The summed E-state index contributed by atoms with van der Waals surface area (Å²) in [7, 11) is 2.13. The number of hydrogen-bond acceptors (Lipinski definition) is 2. The fourth-order valence-electron chi connectivity index (χ4n) is 3.37. The molecule has 1 fully saturated rings. The minimum Gasteiger partial charge on any atom is -0.374 e. The molecule has 0 aromatic heterocycles. The predicted octanol–water partition coefficient (Wildman–Crippen LogP) is 4.12. The Morgan fingerprint density at radius 1 is 1.29 bits per heavy atom. The highest BCUT2D eigenvalue weighted by Crippen LogP contribution is 2.28. The topological polar surface area (TPSA) is 29.3 Å². The lowest BCUT2D eigenvalue weighted by Gasteiger charge is -2.30. The van der Waals surface area contributed by atoms with Crippen LogP contribution in [-0.4, -0.2) is 19.6 Å². The molecule has 1 aromatic rings. The molecule has 0 radical (unpaired) electrons. The number of rotatable bonds is 6. The van der Waals surface area contributed by atoms with Crippen LogP contribution < -0.4 is 10.6 Å². The van der Waals surface area contributed by atoms with Crippen molar-refractivity contribution in [1.82, 2.24) is 0 Å². The summed E-state index contributed by atoms with van der Waals surface area (Å²) in [5.74, 6) is 0.615. The molecule has 1 unspecified atom stereocenters. The average Bonchev–Trinajstić information content (AvgIpc) is 2.48. The second-order valence-corrected chi connectivity index (χ2v) is 6.53. The molecule has 3 heteroatoms. The minimum absolute atomic E-state index is 0.105. The molecular formula is C18H29FN2. The van der Waals surface area contributed by atoms with Crippen LogP contribution in [0.1, 0.15) is 51.0 Å². The SMILES string of the molecule is CCC(N)Cc1cc(F)ccc1N(C)CC1CCCCC1. The molecule has 2 N–H and O–H groups in total. The monoisotopic (exact) mass is 292 g/mol. The molecule has 2 rings (SSSR count). The third kappa shape index (κ3) is 4.70. The lowest BCUT2D eigenvalue weighted by molar-refractivity contribution is 0.362. The van der Waals surface area contributed by atoms with E-state index in [4.69, 9.17) is 5.73 Å². The van der Waals surface area contributed by atoms with Gasteiger partial charge >= 0.3 is 0 Å². The first-order chi connectivity index (χ1) is 10.1. The van der Waals surface area contributed by atoms with E-state index in [0.29, 0.717) is 0 Å². The van der Waals surface area contributed by atoms with Crippen LogP contribution in [0, 0.1) is 11.7 Å². The maximum absolute atomic E-state index is 13.6. The maximum Gasteiger partial charge on any atom is 0.123 e. The van der Waals surface area contributed by atoms with Gasteiger partial charge in [0.1, 0.15) is 5.82 Å². The Kier molecular flexibility index (Phi) is 6.04. The van der Waals surface area contributed by atoms with E-state index in [-0.39, 0.29) is 11.9 Å². The molecule has 0 spiro atoms. The summed E-state index contributed by atoms with van der Waals surface area (Å²) >= 11 is 0. The minimum atomic E-state index is -0.164. The second-order valence-electron chi connectivity index (χ2n) is 6.53. The van der Waals surface area contributed by atoms with Gasteiger partial charge in [0.15, 0.2) is 0 Å². The number of nitrogens with two attached hydrogens (primary N) is 1. The lowest BCUT2D eigenvalue weighted by atomic mass is 9.89. The summed E-state index contributed by atoms with van der Waals surface area (Å²) in [6.07, 6.45) is 8.42. The molecule has 1 aliphatic rings. The Hall–Kier alpha value is -1.09. The summed E-state index contributed by atoms with van der Waals surface area (Å²) in [6, 6.07) is 5.24. The van der Waals surface area contributed by atoms with Crippen molar-refractivity contribution in [1.29, 1.82) is 0 Å². The van der Waals surface area contributed by atoms with Crippen molar-refractivity contribution in [2.75, 3.05) is 18.5 Å². The Balaban J connectivity index is 2.09. The molecule has 0 aliphatic heterocycles. The molecule has 1 atom stereocenters. The Morgan fingerprint density at radius 3 is 2.67 bits per heavy atom. The van der Waals surface area contributed by atoms with Crippen molar-refractivity contribution < 1.29 is 4.39 Å². The highest BCUT2D eigenvalue weighted by molar-refractivity contribution is 5.53. The van der Waals surface area contributed by atoms with E-state index < -0.39 is 0 Å². The Morgan fingerprint density at radius 2 is 2.00 bits per heavy atom. The predicted molar refractivity (Wildman–Crippen MR) is 88.2 cm³/mol. The fraction of sp³-hybridized carbons (Fsp3) is 0.667. The van der Waals surface area contributed by atoms with Crippen molar-refractivity contribution in [3.63, 3.8) is 0 Å². The lowest BCUT2D eigenvalue weighted by Crippen LogP contribution is -2.29. The standard InChI is InChI=1S/C18H29FN2/c1-3-17(20)12-15-11-16(19)9-10-18(15)21(2)13-14-7-5-4-6-8-14/h9-11,14,17H,3-8,12-13,20H2,1-2H3. The van der Waals surface area contributed by atoms with E-state index in [1.807, 2.05) is 6.07 Å². The molecule has 0 saturated heterocycles. The molecular weight excluding hydrogens is 263 g/mol. The third-order valence-corrected chi connectivity index (χ3v) is 4.72. The van der Waals surface area contributed by atoms with E-state index in [1.54, 1.807) is 12.1 Å². The summed E-state index contributed by atoms with van der Waals surface area (Å²) in [4.78, 5) is 2.30. The molecule has 21 heavy (non-hydrogen) atoms. The molecule has 118 valence electrons. The molecule has 0 amide bonds. The quantitative estimate of drug-likeness (QED) is 0.854. The summed E-state index contributed by atoms with van der Waals surface area (Å²) in [5.41, 5.74) is 8.26. The number of hydrogen-bond donors (Lipinski definition) is 1. The first kappa shape index (κ1) is 16.3. The van der Waals surface area contributed by atoms with Gasteiger partial charge in [-0.3, -0.25) is 0 Å². The van der Waals surface area contributed by atoms with Gasteiger partial charge in [-0.15, -0.1) is 0 Å². The largest absolute Gasteiger partial charge is 0.374 e. The van der Waals surface area contributed by atoms with Crippen LogP contribution in [0.2, 0.25) is 0 Å². The van der Waals surface area contributed by atoms with E-state index in [2.05, 4.69) is 18.9 Å². The highest BCUT2D eigenvalue weighted by atomic mass is 19.1. The second kappa shape index (κ2) is 7.79. The van der Waals surface area contributed by atoms with Crippen molar-refractivity contribution in [2.45, 2.75) is 57.9 Å². The van der Waals surface area contributed by atoms with E-state index in [1.165, 1.54) is 32.1 Å². The summed E-state index contributed by atoms with van der Waals surface area (Å²) in [5, 5.41) is 0. The molecule has 1 aliphatic carbocycles. The number of halogens is 1. The maximum atomic E-state index is 13.6. The zero-order chi connectivity index (χ0) is 15.2. The third-order valence-electron chi connectivity index (χ3n) is 4.72. The summed E-state index contributed by atoms with van der Waals surface area (Å²) in [6.45, 7) is 3.15. The van der Waals surface area contributed by atoms with Gasteiger partial charge in [0.25, 0.3) is 0 Å². The van der Waals surface area contributed by atoms with Crippen LogP contribution in [0.3, 0.4) is 0 Å². The van der Waals surface area contributed by atoms with Gasteiger partial charge in [-0.1, -0.05) is 26.2 Å². The fourth-order valence-corrected chi connectivity index (χ4v) is 3.37. The van der Waals surface area contributed by atoms with Crippen molar-refractivity contribution in [3.05, 3.63) is 29.6 Å². The van der Waals surface area contributed by atoms with Gasteiger partial charge < -0.3 is 10.6 Å². The van der Waals surface area contributed by atoms with E-state index >= 15 is 0 Å². The van der Waals surface area contributed by atoms with E-state index in [9.17, 15) is 4.39 Å². The van der Waals surface area contributed by atoms with Crippen LogP contribution >= 0.6 is 0 Å². The van der Waals surface area contributed by atoms with Crippen LogP contribution in [-0.2, 0) is 6.42 Å². The Bertz CT molecular complexity index is 441. The van der Waals surface area contributed by atoms with Gasteiger partial charge in [-0.25, -0.2) is 4.39 Å². The molecule has 0 bridgehead atoms. The van der Waals surface area contributed by atoms with Gasteiger partial charge in [0.05, 0.1) is 0 Å². The highest BCUT2D eigenvalue weighted by Gasteiger charge is 2.18. The van der Waals surface area contributed by atoms with Crippen molar-refractivity contribution in [3.8, 4) is 0 Å². The van der Waals surface area contributed by atoms with Crippen LogP contribution in [0.5, 0.6) is 0 Å². The zero-order valence-corrected chi connectivity index (χ0v) is 13.4. The molecule has 2 nitrogen and oxygen atoms in total. The first-order valence-corrected chi connectivity index (χ1v) is 8.35. The molecule has 1 saturated carbocycles.